The number of nitriles is 1. The van der Waals surface area contributed by atoms with Crippen LogP contribution in [0.2, 0.25) is 0 Å². The summed E-state index contributed by atoms with van der Waals surface area (Å²) in [5.41, 5.74) is 4.23. The number of hydrogen-bond donors (Lipinski definition) is 0. The summed E-state index contributed by atoms with van der Waals surface area (Å²) in [4.78, 5) is 2.45. The van der Waals surface area contributed by atoms with Gasteiger partial charge in [0.25, 0.3) is 0 Å². The van der Waals surface area contributed by atoms with E-state index in [1.807, 2.05) is 6.07 Å². The lowest BCUT2D eigenvalue weighted by atomic mass is 9.72. The SMILES string of the molecule is COc1cc2c(cc1C)N1CCC[C@@H]1[C@@]2(C#N)Cc1ccccc1. The molecule has 0 bridgehead atoms. The molecule has 0 amide bonds. The van der Waals surface area contributed by atoms with Gasteiger partial charge < -0.3 is 9.64 Å². The van der Waals surface area contributed by atoms with Crippen LogP contribution in [0.4, 0.5) is 5.69 Å². The lowest BCUT2D eigenvalue weighted by molar-refractivity contribution is 0.408. The van der Waals surface area contributed by atoms with E-state index in [0.29, 0.717) is 0 Å². The highest BCUT2D eigenvalue weighted by Crippen LogP contribution is 2.52. The van der Waals surface area contributed by atoms with Crippen molar-refractivity contribution in [3.63, 3.8) is 0 Å². The number of ether oxygens (including phenoxy) is 1. The van der Waals surface area contributed by atoms with Gasteiger partial charge in [0.15, 0.2) is 0 Å². The number of nitrogens with zero attached hydrogens (tertiary/aromatic N) is 2. The van der Waals surface area contributed by atoms with Crippen LogP contribution in [0.1, 0.15) is 29.5 Å². The van der Waals surface area contributed by atoms with Crippen molar-refractivity contribution in [1.29, 1.82) is 5.26 Å². The fraction of sp³-hybridized carbons (Fsp3) is 0.381. The zero-order valence-corrected chi connectivity index (χ0v) is 14.2. The first-order chi connectivity index (χ1) is 11.7. The fourth-order valence-corrected chi connectivity index (χ4v) is 4.54. The molecule has 2 atom stereocenters. The second kappa shape index (κ2) is 5.56. The van der Waals surface area contributed by atoms with Gasteiger partial charge in [-0.2, -0.15) is 5.26 Å². The van der Waals surface area contributed by atoms with E-state index < -0.39 is 5.41 Å². The third-order valence-electron chi connectivity index (χ3n) is 5.65. The Hall–Kier alpha value is -2.47. The van der Waals surface area contributed by atoms with E-state index in [9.17, 15) is 5.26 Å². The molecule has 2 aromatic rings. The van der Waals surface area contributed by atoms with E-state index in [-0.39, 0.29) is 6.04 Å². The molecule has 4 rings (SSSR count). The maximum atomic E-state index is 10.3. The quantitative estimate of drug-likeness (QED) is 0.858. The summed E-state index contributed by atoms with van der Waals surface area (Å²) in [5, 5.41) is 10.3. The molecule has 1 fully saturated rings. The van der Waals surface area contributed by atoms with Crippen LogP contribution in [0.25, 0.3) is 0 Å². The molecule has 0 N–H and O–H groups in total. The number of aryl methyl sites for hydroxylation is 1. The van der Waals surface area contributed by atoms with Gasteiger partial charge >= 0.3 is 0 Å². The van der Waals surface area contributed by atoms with Crippen molar-refractivity contribution in [3.8, 4) is 11.8 Å². The van der Waals surface area contributed by atoms with Crippen LogP contribution in [0, 0.1) is 18.3 Å². The van der Waals surface area contributed by atoms with Gasteiger partial charge in [-0.1, -0.05) is 30.3 Å². The molecule has 0 aliphatic carbocycles. The van der Waals surface area contributed by atoms with Gasteiger partial charge in [0, 0.05) is 17.8 Å². The van der Waals surface area contributed by atoms with Crippen LogP contribution in [0.15, 0.2) is 42.5 Å². The molecule has 0 unspecified atom stereocenters. The van der Waals surface area contributed by atoms with Gasteiger partial charge in [-0.25, -0.2) is 0 Å². The number of fused-ring (bicyclic) bond motifs is 3. The van der Waals surface area contributed by atoms with Gasteiger partial charge in [0.1, 0.15) is 11.2 Å². The summed E-state index contributed by atoms with van der Waals surface area (Å²) >= 11 is 0. The molecule has 0 aromatic heterocycles. The van der Waals surface area contributed by atoms with Crippen LogP contribution < -0.4 is 9.64 Å². The van der Waals surface area contributed by atoms with Gasteiger partial charge in [0.2, 0.25) is 0 Å². The summed E-state index contributed by atoms with van der Waals surface area (Å²) in [5.74, 6) is 0.877. The Morgan fingerprint density at radius 1 is 1.29 bits per heavy atom. The van der Waals surface area contributed by atoms with Crippen LogP contribution >= 0.6 is 0 Å². The molecule has 1 saturated heterocycles. The first-order valence-electron chi connectivity index (χ1n) is 8.60. The number of benzene rings is 2. The van der Waals surface area contributed by atoms with Crippen molar-refractivity contribution in [1.82, 2.24) is 0 Å². The summed E-state index contributed by atoms with van der Waals surface area (Å²) in [7, 11) is 1.70. The monoisotopic (exact) mass is 318 g/mol. The summed E-state index contributed by atoms with van der Waals surface area (Å²) < 4.78 is 5.55. The summed E-state index contributed by atoms with van der Waals surface area (Å²) in [6.07, 6.45) is 2.99. The molecule has 2 aromatic carbocycles. The largest absolute Gasteiger partial charge is 0.496 e. The smallest absolute Gasteiger partial charge is 0.122 e. The number of rotatable bonds is 3. The minimum absolute atomic E-state index is 0.268. The second-order valence-electron chi connectivity index (χ2n) is 6.94. The summed E-state index contributed by atoms with van der Waals surface area (Å²) in [6.45, 7) is 3.12. The molecule has 0 saturated carbocycles. The van der Waals surface area contributed by atoms with E-state index in [1.165, 1.54) is 11.3 Å². The molecule has 24 heavy (non-hydrogen) atoms. The van der Waals surface area contributed by atoms with Crippen molar-refractivity contribution in [2.24, 2.45) is 0 Å². The highest BCUT2D eigenvalue weighted by Gasteiger charge is 2.53. The van der Waals surface area contributed by atoms with Gasteiger partial charge in [-0.3, -0.25) is 0 Å². The Bertz CT molecular complexity index is 809. The highest BCUT2D eigenvalue weighted by molar-refractivity contribution is 5.71. The first kappa shape index (κ1) is 15.1. The second-order valence-corrected chi connectivity index (χ2v) is 6.94. The van der Waals surface area contributed by atoms with Crippen molar-refractivity contribution < 1.29 is 4.74 Å². The lowest BCUT2D eigenvalue weighted by Crippen LogP contribution is -2.41. The van der Waals surface area contributed by atoms with E-state index in [0.717, 1.165) is 42.7 Å². The molecule has 2 aliphatic rings. The molecule has 3 heteroatoms. The molecule has 0 spiro atoms. The maximum absolute atomic E-state index is 10.3. The van der Waals surface area contributed by atoms with E-state index in [4.69, 9.17) is 4.74 Å². The first-order valence-corrected chi connectivity index (χ1v) is 8.60. The molecule has 2 heterocycles. The number of hydrogen-bond acceptors (Lipinski definition) is 3. The molecular formula is C21H22N2O. The van der Waals surface area contributed by atoms with Crippen LogP contribution in [0.5, 0.6) is 5.75 Å². The maximum Gasteiger partial charge on any atom is 0.122 e. The Labute approximate surface area is 143 Å². The third kappa shape index (κ3) is 2.03. The van der Waals surface area contributed by atoms with E-state index in [1.54, 1.807) is 7.11 Å². The zero-order valence-electron chi connectivity index (χ0n) is 14.2. The molecule has 3 nitrogen and oxygen atoms in total. The average Bonchev–Trinajstić information content (AvgIpc) is 3.18. The van der Waals surface area contributed by atoms with Crippen LogP contribution in [-0.4, -0.2) is 19.7 Å². The van der Waals surface area contributed by atoms with Crippen molar-refractivity contribution in [2.75, 3.05) is 18.6 Å². The topological polar surface area (TPSA) is 36.3 Å². The highest BCUT2D eigenvalue weighted by atomic mass is 16.5. The number of anilines is 1. The fourth-order valence-electron chi connectivity index (χ4n) is 4.54. The third-order valence-corrected chi connectivity index (χ3v) is 5.65. The van der Waals surface area contributed by atoms with Crippen LogP contribution in [-0.2, 0) is 11.8 Å². The molecule has 2 aliphatic heterocycles. The van der Waals surface area contributed by atoms with Crippen molar-refractivity contribution in [3.05, 3.63) is 59.2 Å². The lowest BCUT2D eigenvalue weighted by Gasteiger charge is -2.30. The summed E-state index contributed by atoms with van der Waals surface area (Å²) in [6, 6.07) is 17.7. The zero-order chi connectivity index (χ0) is 16.7. The standard InChI is InChI=1S/C21H22N2O/c1-15-11-18-17(12-19(15)24-2)21(14-22,20-9-6-10-23(18)20)13-16-7-4-3-5-8-16/h3-5,7-8,11-12,20H,6,9-10,13H2,1-2H3/t20-,21-/m1/s1. The minimum atomic E-state index is -0.492. The predicted octanol–water partition coefficient (Wildman–Crippen LogP) is 3.99. The minimum Gasteiger partial charge on any atom is -0.496 e. The van der Waals surface area contributed by atoms with E-state index in [2.05, 4.69) is 54.3 Å². The predicted molar refractivity (Wildman–Crippen MR) is 95.5 cm³/mol. The normalized spacial score (nSPS) is 24.4. The van der Waals surface area contributed by atoms with Gasteiger partial charge in [-0.05, 0) is 49.4 Å². The Kier molecular flexibility index (Phi) is 3.49. The van der Waals surface area contributed by atoms with Crippen molar-refractivity contribution in [2.45, 2.75) is 37.6 Å². The van der Waals surface area contributed by atoms with Crippen LogP contribution in [0.3, 0.4) is 0 Å². The number of methoxy groups -OCH3 is 1. The van der Waals surface area contributed by atoms with Gasteiger partial charge in [0.05, 0.1) is 19.2 Å². The molecular weight excluding hydrogens is 296 g/mol. The average molecular weight is 318 g/mol. The molecule has 122 valence electrons. The van der Waals surface area contributed by atoms with Gasteiger partial charge in [-0.15, -0.1) is 0 Å². The Morgan fingerprint density at radius 3 is 2.79 bits per heavy atom. The molecule has 0 radical (unpaired) electrons. The van der Waals surface area contributed by atoms with Crippen molar-refractivity contribution >= 4 is 5.69 Å². The Balaban J connectivity index is 1.89. The van der Waals surface area contributed by atoms with E-state index >= 15 is 0 Å². The Morgan fingerprint density at radius 2 is 2.08 bits per heavy atom.